The summed E-state index contributed by atoms with van der Waals surface area (Å²) in [5.74, 6) is -0.329. The van der Waals surface area contributed by atoms with E-state index in [1.165, 1.54) is 19.2 Å². The van der Waals surface area contributed by atoms with Gasteiger partial charge in [-0.25, -0.2) is 14.4 Å². The number of hydrogen-bond donors (Lipinski definition) is 2. The Balaban J connectivity index is 1.42. The third kappa shape index (κ3) is 5.16. The Hall–Kier alpha value is -3.15. The van der Waals surface area contributed by atoms with Crippen molar-refractivity contribution in [2.24, 2.45) is 10.9 Å². The summed E-state index contributed by atoms with van der Waals surface area (Å²) in [5, 5.41) is 7.00. The number of amides is 1. The third-order valence-corrected chi connectivity index (χ3v) is 5.83. The number of nitrogens with one attached hydrogen (secondary N) is 1. The minimum atomic E-state index is -0.724. The van der Waals surface area contributed by atoms with Crippen molar-refractivity contribution in [1.82, 2.24) is 15.3 Å². The predicted octanol–water partition coefficient (Wildman–Crippen LogP) is 1.49. The molecule has 3 heterocycles. The molecule has 0 aliphatic carbocycles. The molecule has 2 aromatic rings. The molecule has 3 atom stereocenters. The summed E-state index contributed by atoms with van der Waals surface area (Å²) in [5.41, 5.74) is 6.88. The summed E-state index contributed by atoms with van der Waals surface area (Å²) < 4.78 is 30.2. The van der Waals surface area contributed by atoms with Crippen LogP contribution in [0.25, 0.3) is 0 Å². The van der Waals surface area contributed by atoms with E-state index in [9.17, 15) is 9.18 Å². The van der Waals surface area contributed by atoms with Gasteiger partial charge in [-0.2, -0.15) is 0 Å². The van der Waals surface area contributed by atoms with Crippen molar-refractivity contribution < 1.29 is 28.2 Å². The largest absolute Gasteiger partial charge is 0.494 e. The zero-order valence-corrected chi connectivity index (χ0v) is 19.3. The summed E-state index contributed by atoms with van der Waals surface area (Å²) >= 11 is 0. The molecule has 1 aromatic heterocycles. The van der Waals surface area contributed by atoms with Crippen molar-refractivity contribution in [1.29, 1.82) is 0 Å². The number of benzene rings is 1. The number of carbonyl (C=O) groups is 1. The van der Waals surface area contributed by atoms with Crippen LogP contribution >= 0.6 is 0 Å². The lowest BCUT2D eigenvalue weighted by Crippen LogP contribution is -2.51. The van der Waals surface area contributed by atoms with Gasteiger partial charge in [0, 0.05) is 19.5 Å². The van der Waals surface area contributed by atoms with E-state index in [0.29, 0.717) is 49.0 Å². The number of halogens is 1. The number of oxime groups is 1. The van der Waals surface area contributed by atoms with E-state index in [0.717, 1.165) is 0 Å². The van der Waals surface area contributed by atoms with Crippen molar-refractivity contribution in [2.75, 3.05) is 26.9 Å². The molecule has 0 saturated carbocycles. The normalized spacial score (nSPS) is 24.3. The van der Waals surface area contributed by atoms with Gasteiger partial charge in [-0.05, 0) is 37.6 Å². The first-order valence-electron chi connectivity index (χ1n) is 11.0. The fourth-order valence-electron chi connectivity index (χ4n) is 3.82. The molecule has 1 unspecified atom stereocenters. The third-order valence-electron chi connectivity index (χ3n) is 5.83. The highest BCUT2D eigenvalue weighted by Gasteiger charge is 2.45. The van der Waals surface area contributed by atoms with Gasteiger partial charge in [0.1, 0.15) is 23.3 Å². The molecule has 0 spiro atoms. The minimum Gasteiger partial charge on any atom is -0.494 e. The van der Waals surface area contributed by atoms with Gasteiger partial charge in [0.2, 0.25) is 0 Å². The zero-order valence-electron chi connectivity index (χ0n) is 19.3. The Morgan fingerprint density at radius 3 is 2.82 bits per heavy atom. The average molecular weight is 474 g/mol. The van der Waals surface area contributed by atoms with Crippen molar-refractivity contribution in [2.45, 2.75) is 44.6 Å². The maximum absolute atomic E-state index is 13.6. The molecule has 4 rings (SSSR count). The van der Waals surface area contributed by atoms with E-state index < -0.39 is 17.3 Å². The maximum Gasteiger partial charge on any atom is 0.270 e. The second-order valence-electron chi connectivity index (χ2n) is 8.47. The number of nitrogens with two attached hydrogens (primary N) is 1. The molecule has 1 aromatic carbocycles. The van der Waals surface area contributed by atoms with Gasteiger partial charge in [-0.1, -0.05) is 11.2 Å². The molecule has 182 valence electrons. The molecule has 1 amide bonds. The van der Waals surface area contributed by atoms with Gasteiger partial charge in [-0.15, -0.1) is 0 Å². The maximum atomic E-state index is 13.6. The van der Waals surface area contributed by atoms with E-state index in [-0.39, 0.29) is 30.2 Å². The molecular formula is C23H28FN5O5. The zero-order chi connectivity index (χ0) is 24.3. The van der Waals surface area contributed by atoms with Crippen LogP contribution in [0.3, 0.4) is 0 Å². The molecule has 1 fully saturated rings. The van der Waals surface area contributed by atoms with Crippen molar-refractivity contribution in [3.8, 4) is 5.75 Å². The number of aryl methyl sites for hydroxylation is 1. The number of methoxy groups -OCH3 is 1. The van der Waals surface area contributed by atoms with Crippen LogP contribution in [-0.4, -0.2) is 66.3 Å². The fourth-order valence-corrected chi connectivity index (χ4v) is 3.82. The van der Waals surface area contributed by atoms with Crippen LogP contribution in [0.15, 0.2) is 29.4 Å². The summed E-state index contributed by atoms with van der Waals surface area (Å²) in [6.45, 7) is 4.92. The molecule has 2 aliphatic heterocycles. The van der Waals surface area contributed by atoms with E-state index >= 15 is 0 Å². The number of rotatable bonds is 7. The van der Waals surface area contributed by atoms with E-state index in [1.54, 1.807) is 19.1 Å². The summed E-state index contributed by atoms with van der Waals surface area (Å²) in [4.78, 5) is 27.2. The van der Waals surface area contributed by atoms with Gasteiger partial charge < -0.3 is 30.1 Å². The SMILES string of the molecule is COc1cc(CNC(=O)c2cc(C3=NOC(C)([C@H]4CO[C@H](CN)CO4)C3)nc(C)n2)ccc1F. The van der Waals surface area contributed by atoms with Crippen LogP contribution in [0.4, 0.5) is 4.39 Å². The van der Waals surface area contributed by atoms with E-state index in [4.69, 9.17) is 24.8 Å². The number of nitrogens with zero attached hydrogens (tertiary/aromatic N) is 3. The van der Waals surface area contributed by atoms with Crippen LogP contribution < -0.4 is 15.8 Å². The number of carbonyl (C=O) groups excluding carboxylic acids is 1. The van der Waals surface area contributed by atoms with Crippen molar-refractivity contribution in [3.63, 3.8) is 0 Å². The number of ether oxygens (including phenoxy) is 3. The van der Waals surface area contributed by atoms with Gasteiger partial charge in [0.25, 0.3) is 5.91 Å². The van der Waals surface area contributed by atoms with Crippen molar-refractivity contribution in [3.05, 3.63) is 52.9 Å². The summed E-state index contributed by atoms with van der Waals surface area (Å²) in [7, 11) is 1.39. The molecule has 1 saturated heterocycles. The Morgan fingerprint density at radius 2 is 2.12 bits per heavy atom. The Kier molecular flexibility index (Phi) is 7.05. The molecule has 34 heavy (non-hydrogen) atoms. The first-order chi connectivity index (χ1) is 16.3. The number of aromatic nitrogens is 2. The van der Waals surface area contributed by atoms with Gasteiger partial charge in [-0.3, -0.25) is 4.79 Å². The Labute approximate surface area is 196 Å². The highest BCUT2D eigenvalue weighted by molar-refractivity contribution is 6.02. The Morgan fingerprint density at radius 1 is 1.29 bits per heavy atom. The van der Waals surface area contributed by atoms with E-state index in [1.807, 2.05) is 6.92 Å². The summed E-state index contributed by atoms with van der Waals surface area (Å²) in [6, 6.07) is 5.97. The van der Waals surface area contributed by atoms with Gasteiger partial charge in [0.05, 0.1) is 32.1 Å². The quantitative estimate of drug-likeness (QED) is 0.619. The topological polar surface area (TPSA) is 130 Å². The first-order valence-corrected chi connectivity index (χ1v) is 11.0. The van der Waals surface area contributed by atoms with Crippen LogP contribution in [-0.2, 0) is 20.9 Å². The van der Waals surface area contributed by atoms with Gasteiger partial charge >= 0.3 is 0 Å². The smallest absolute Gasteiger partial charge is 0.270 e. The highest BCUT2D eigenvalue weighted by Crippen LogP contribution is 2.33. The van der Waals surface area contributed by atoms with Crippen LogP contribution in [0, 0.1) is 12.7 Å². The minimum absolute atomic E-state index is 0.111. The molecule has 0 bridgehead atoms. The van der Waals surface area contributed by atoms with E-state index in [2.05, 4.69) is 20.4 Å². The first kappa shape index (κ1) is 24.0. The van der Waals surface area contributed by atoms with Gasteiger partial charge in [0.15, 0.2) is 17.2 Å². The Bertz CT molecular complexity index is 1090. The molecule has 0 radical (unpaired) electrons. The molecule has 3 N–H and O–H groups in total. The van der Waals surface area contributed by atoms with Crippen LogP contribution in [0.5, 0.6) is 5.75 Å². The van der Waals surface area contributed by atoms with Crippen LogP contribution in [0.2, 0.25) is 0 Å². The number of hydrogen-bond acceptors (Lipinski definition) is 9. The fraction of sp³-hybridized carbons (Fsp3) is 0.478. The lowest BCUT2D eigenvalue weighted by molar-refractivity contribution is -0.200. The monoisotopic (exact) mass is 473 g/mol. The predicted molar refractivity (Wildman–Crippen MR) is 120 cm³/mol. The second kappa shape index (κ2) is 10.00. The molecule has 2 aliphatic rings. The second-order valence-corrected chi connectivity index (χ2v) is 8.47. The van der Waals surface area contributed by atoms with Crippen LogP contribution in [0.1, 0.15) is 40.9 Å². The lowest BCUT2D eigenvalue weighted by atomic mass is 9.91. The molecule has 10 nitrogen and oxygen atoms in total. The lowest BCUT2D eigenvalue weighted by Gasteiger charge is -2.36. The molecule has 11 heteroatoms. The highest BCUT2D eigenvalue weighted by atomic mass is 19.1. The standard InChI is InChI=1S/C23H28FN5O5/c1-13-27-17(19-8-23(2,34-29-19)21-12-32-15(9-25)11-33-21)7-18(28-13)22(30)26-10-14-4-5-16(24)20(6-14)31-3/h4-7,15,21H,8-12,25H2,1-3H3,(H,26,30)/t15-,21-,23?/m1/s1. The molecular weight excluding hydrogens is 445 g/mol. The summed E-state index contributed by atoms with van der Waals surface area (Å²) in [6.07, 6.45) is -0.000493. The van der Waals surface area contributed by atoms with Crippen molar-refractivity contribution >= 4 is 11.6 Å². The average Bonchev–Trinajstić information content (AvgIpc) is 3.26.